The minimum Gasteiger partial charge on any atom is -0.384 e. The number of hydrogen-bond donors (Lipinski definition) is 1. The third-order valence-electron chi connectivity index (χ3n) is 3.63. The first kappa shape index (κ1) is 10.5. The Morgan fingerprint density at radius 2 is 2.07 bits per heavy atom. The fraction of sp³-hybridized carbons (Fsp3) is 0.750. The van der Waals surface area contributed by atoms with Crippen LogP contribution in [0.4, 0.5) is 5.82 Å². The van der Waals surface area contributed by atoms with Crippen LogP contribution < -0.4 is 5.73 Å². The first-order chi connectivity index (χ1) is 7.14. The molecule has 84 valence electrons. The molecule has 3 heteroatoms. The van der Waals surface area contributed by atoms with Crippen LogP contribution in [0, 0.1) is 0 Å². The summed E-state index contributed by atoms with van der Waals surface area (Å²) in [5, 5.41) is 4.63. The monoisotopic (exact) mass is 207 g/mol. The molecule has 0 saturated heterocycles. The van der Waals surface area contributed by atoms with Crippen LogP contribution in [0.1, 0.15) is 50.8 Å². The fourth-order valence-electron chi connectivity index (χ4n) is 2.59. The van der Waals surface area contributed by atoms with Gasteiger partial charge in [0.2, 0.25) is 0 Å². The minimum absolute atomic E-state index is 0.384. The van der Waals surface area contributed by atoms with Gasteiger partial charge >= 0.3 is 0 Å². The van der Waals surface area contributed by atoms with E-state index >= 15 is 0 Å². The number of nitrogen functional groups attached to an aromatic ring is 1. The minimum atomic E-state index is 0.384. The molecule has 0 unspecified atom stereocenters. The van der Waals surface area contributed by atoms with Crippen molar-refractivity contribution in [1.82, 2.24) is 9.78 Å². The van der Waals surface area contributed by atoms with E-state index in [0.717, 1.165) is 12.2 Å². The molecule has 1 aromatic heterocycles. The van der Waals surface area contributed by atoms with Crippen LogP contribution in [0.3, 0.4) is 0 Å². The highest BCUT2D eigenvalue weighted by Crippen LogP contribution is 2.52. The average Bonchev–Trinajstić information content (AvgIpc) is 2.92. The molecule has 1 aliphatic carbocycles. The highest BCUT2D eigenvalue weighted by Gasteiger charge is 2.47. The number of rotatable bonds is 4. The molecule has 1 saturated carbocycles. The lowest BCUT2D eigenvalue weighted by Gasteiger charge is -2.12. The maximum absolute atomic E-state index is 6.04. The predicted octanol–water partition coefficient (Wildman–Crippen LogP) is 2.40. The van der Waals surface area contributed by atoms with Crippen LogP contribution in [0.25, 0.3) is 0 Å². The predicted molar refractivity (Wildman–Crippen MR) is 62.8 cm³/mol. The van der Waals surface area contributed by atoms with Gasteiger partial charge in [-0.15, -0.1) is 0 Å². The second-order valence-corrected chi connectivity index (χ2v) is 4.72. The molecule has 3 nitrogen and oxygen atoms in total. The van der Waals surface area contributed by atoms with E-state index in [9.17, 15) is 0 Å². The van der Waals surface area contributed by atoms with Gasteiger partial charge in [-0.05, 0) is 25.7 Å². The van der Waals surface area contributed by atoms with Crippen molar-refractivity contribution in [2.75, 3.05) is 5.73 Å². The van der Waals surface area contributed by atoms with Crippen molar-refractivity contribution >= 4 is 5.82 Å². The van der Waals surface area contributed by atoms with Crippen LogP contribution in [0.15, 0.2) is 0 Å². The van der Waals surface area contributed by atoms with E-state index in [1.807, 2.05) is 11.7 Å². The maximum Gasteiger partial charge on any atom is 0.124 e. The van der Waals surface area contributed by atoms with Gasteiger partial charge in [0.1, 0.15) is 5.82 Å². The van der Waals surface area contributed by atoms with Gasteiger partial charge in [-0.25, -0.2) is 0 Å². The van der Waals surface area contributed by atoms with Gasteiger partial charge in [0, 0.05) is 18.0 Å². The summed E-state index contributed by atoms with van der Waals surface area (Å²) in [6, 6.07) is 0. The highest BCUT2D eigenvalue weighted by molar-refractivity contribution is 5.48. The summed E-state index contributed by atoms with van der Waals surface area (Å²) >= 11 is 0. The van der Waals surface area contributed by atoms with Crippen LogP contribution in [0.2, 0.25) is 0 Å². The van der Waals surface area contributed by atoms with Gasteiger partial charge < -0.3 is 5.73 Å². The summed E-state index contributed by atoms with van der Waals surface area (Å²) < 4.78 is 1.84. The maximum atomic E-state index is 6.04. The number of nitrogens with zero attached hydrogens (tertiary/aromatic N) is 2. The number of hydrogen-bond acceptors (Lipinski definition) is 2. The Morgan fingerprint density at radius 3 is 2.53 bits per heavy atom. The molecular formula is C12H21N3. The molecule has 1 aromatic rings. The summed E-state index contributed by atoms with van der Waals surface area (Å²) in [6.45, 7) is 4.41. The first-order valence-corrected chi connectivity index (χ1v) is 5.96. The van der Waals surface area contributed by atoms with Crippen LogP contribution in [0.5, 0.6) is 0 Å². The molecule has 1 aliphatic rings. The van der Waals surface area contributed by atoms with Crippen molar-refractivity contribution < 1.29 is 0 Å². The Morgan fingerprint density at radius 1 is 1.40 bits per heavy atom. The highest BCUT2D eigenvalue weighted by atomic mass is 15.3. The Labute approximate surface area is 91.7 Å². The molecular weight excluding hydrogens is 186 g/mol. The lowest BCUT2D eigenvalue weighted by atomic mass is 9.92. The molecule has 2 rings (SSSR count). The second-order valence-electron chi connectivity index (χ2n) is 4.72. The van der Waals surface area contributed by atoms with E-state index in [0.29, 0.717) is 5.41 Å². The molecule has 0 aromatic carbocycles. The van der Waals surface area contributed by atoms with Crippen molar-refractivity contribution in [2.45, 2.75) is 51.4 Å². The third kappa shape index (κ3) is 1.54. The van der Waals surface area contributed by atoms with Crippen molar-refractivity contribution in [3.05, 3.63) is 11.3 Å². The Hall–Kier alpha value is -0.990. The van der Waals surface area contributed by atoms with Crippen LogP contribution >= 0.6 is 0 Å². The zero-order chi connectivity index (χ0) is 11.1. The Balaban J connectivity index is 2.39. The van der Waals surface area contributed by atoms with E-state index in [1.165, 1.54) is 36.9 Å². The molecule has 0 spiro atoms. The lowest BCUT2D eigenvalue weighted by molar-refractivity contribution is 0.571. The van der Waals surface area contributed by atoms with Crippen LogP contribution in [-0.4, -0.2) is 9.78 Å². The zero-order valence-electron chi connectivity index (χ0n) is 10.0. The van der Waals surface area contributed by atoms with E-state index in [2.05, 4.69) is 18.9 Å². The van der Waals surface area contributed by atoms with E-state index < -0.39 is 0 Å². The van der Waals surface area contributed by atoms with Gasteiger partial charge in [0.25, 0.3) is 0 Å². The standard InChI is InChI=1S/C12H21N3/c1-4-6-12(7-8-12)10-9(5-2)11(13)15(3)14-10/h4-8,13H2,1-3H3. The molecule has 0 aliphatic heterocycles. The molecule has 0 atom stereocenters. The molecule has 0 radical (unpaired) electrons. The summed E-state index contributed by atoms with van der Waals surface area (Å²) in [5.41, 5.74) is 8.98. The third-order valence-corrected chi connectivity index (χ3v) is 3.63. The molecule has 15 heavy (non-hydrogen) atoms. The quantitative estimate of drug-likeness (QED) is 0.824. The molecule has 0 amide bonds. The van der Waals surface area contributed by atoms with E-state index in [4.69, 9.17) is 5.73 Å². The SMILES string of the molecule is CCCC1(c2nn(C)c(N)c2CC)CC1. The normalized spacial score (nSPS) is 18.1. The smallest absolute Gasteiger partial charge is 0.124 e. The van der Waals surface area contributed by atoms with Crippen LogP contribution in [-0.2, 0) is 18.9 Å². The number of aromatic nitrogens is 2. The average molecular weight is 207 g/mol. The largest absolute Gasteiger partial charge is 0.384 e. The molecule has 2 N–H and O–H groups in total. The number of anilines is 1. The summed E-state index contributed by atoms with van der Waals surface area (Å²) in [5.74, 6) is 0.856. The summed E-state index contributed by atoms with van der Waals surface area (Å²) in [4.78, 5) is 0. The molecule has 1 fully saturated rings. The number of nitrogens with two attached hydrogens (primary N) is 1. The summed E-state index contributed by atoms with van der Waals surface area (Å²) in [7, 11) is 1.94. The number of aryl methyl sites for hydroxylation is 1. The summed E-state index contributed by atoms with van der Waals surface area (Å²) in [6.07, 6.45) is 6.09. The van der Waals surface area contributed by atoms with Gasteiger partial charge in [-0.3, -0.25) is 4.68 Å². The van der Waals surface area contributed by atoms with E-state index in [-0.39, 0.29) is 0 Å². The van der Waals surface area contributed by atoms with Gasteiger partial charge in [-0.1, -0.05) is 20.3 Å². The van der Waals surface area contributed by atoms with Crippen molar-refractivity contribution in [3.8, 4) is 0 Å². The molecule has 0 bridgehead atoms. The first-order valence-electron chi connectivity index (χ1n) is 5.96. The van der Waals surface area contributed by atoms with Crippen molar-refractivity contribution in [1.29, 1.82) is 0 Å². The van der Waals surface area contributed by atoms with Crippen molar-refractivity contribution in [2.24, 2.45) is 7.05 Å². The Bertz CT molecular complexity index is 361. The second kappa shape index (κ2) is 3.54. The Kier molecular flexibility index (Phi) is 2.49. The van der Waals surface area contributed by atoms with Gasteiger partial charge in [0.05, 0.1) is 5.69 Å². The van der Waals surface area contributed by atoms with Crippen molar-refractivity contribution in [3.63, 3.8) is 0 Å². The van der Waals surface area contributed by atoms with Gasteiger partial charge in [-0.2, -0.15) is 5.10 Å². The van der Waals surface area contributed by atoms with Gasteiger partial charge in [0.15, 0.2) is 0 Å². The zero-order valence-corrected chi connectivity index (χ0v) is 10.0. The lowest BCUT2D eigenvalue weighted by Crippen LogP contribution is -2.09. The topological polar surface area (TPSA) is 43.8 Å². The molecule has 1 heterocycles. The fourth-order valence-corrected chi connectivity index (χ4v) is 2.59. The van der Waals surface area contributed by atoms with E-state index in [1.54, 1.807) is 0 Å².